The molecule has 1 fully saturated rings. The maximum absolute atomic E-state index is 12.5. The van der Waals surface area contributed by atoms with Crippen molar-refractivity contribution in [3.8, 4) is 0 Å². The molecule has 1 aromatic carbocycles. The first kappa shape index (κ1) is 19.0. The molecular weight excluding hydrogens is 350 g/mol. The Bertz CT molecular complexity index is 699. The fourth-order valence-electron chi connectivity index (χ4n) is 2.80. The van der Waals surface area contributed by atoms with E-state index in [-0.39, 0.29) is 16.8 Å². The van der Waals surface area contributed by atoms with E-state index in [2.05, 4.69) is 4.72 Å². The lowest BCUT2D eigenvalue weighted by molar-refractivity contribution is 0.148. The minimum Gasteiger partial charge on any atom is -0.331 e. The van der Waals surface area contributed by atoms with E-state index in [0.29, 0.717) is 30.2 Å². The lowest BCUT2D eigenvalue weighted by Crippen LogP contribution is -2.45. The molecule has 1 aliphatic rings. The number of sulfonamides is 1. The number of carbonyl (C=O) groups excluding carboxylic acids is 1. The Kier molecular flexibility index (Phi) is 6.11. The number of urea groups is 1. The molecule has 1 N–H and O–H groups in total. The summed E-state index contributed by atoms with van der Waals surface area (Å²) >= 11 is 6.01. The van der Waals surface area contributed by atoms with Crippen LogP contribution in [-0.4, -0.2) is 58.0 Å². The molecule has 6 nitrogen and oxygen atoms in total. The normalized spacial score (nSPS) is 16.2. The number of carbonyl (C=O) groups is 1. The number of halogens is 1. The number of benzene rings is 1. The van der Waals surface area contributed by atoms with Gasteiger partial charge in [0.1, 0.15) is 0 Å². The Morgan fingerprint density at radius 2 is 1.96 bits per heavy atom. The Balaban J connectivity index is 1.92. The third-order valence-electron chi connectivity index (χ3n) is 4.34. The van der Waals surface area contributed by atoms with Gasteiger partial charge in [0.15, 0.2) is 0 Å². The number of amides is 2. The lowest BCUT2D eigenvalue weighted by atomic mass is 9.97. The highest BCUT2D eigenvalue weighted by Gasteiger charge is 2.25. The molecule has 2 rings (SSSR count). The second kappa shape index (κ2) is 7.72. The fourth-order valence-corrected chi connectivity index (χ4v) is 4.41. The Morgan fingerprint density at radius 3 is 2.54 bits per heavy atom. The topological polar surface area (TPSA) is 69.7 Å². The summed E-state index contributed by atoms with van der Waals surface area (Å²) < 4.78 is 27.6. The molecule has 0 aliphatic carbocycles. The molecule has 8 heteroatoms. The zero-order chi connectivity index (χ0) is 17.9. The molecule has 0 spiro atoms. The third kappa shape index (κ3) is 4.40. The summed E-state index contributed by atoms with van der Waals surface area (Å²) in [4.78, 5) is 15.5. The van der Waals surface area contributed by atoms with Crippen LogP contribution in [0.4, 0.5) is 4.79 Å². The van der Waals surface area contributed by atoms with Crippen molar-refractivity contribution < 1.29 is 13.2 Å². The Morgan fingerprint density at radius 1 is 1.33 bits per heavy atom. The molecule has 0 aromatic heterocycles. The first-order valence-electron chi connectivity index (χ1n) is 7.93. The molecule has 0 saturated carbocycles. The summed E-state index contributed by atoms with van der Waals surface area (Å²) in [7, 11) is -0.115. The molecule has 0 unspecified atom stereocenters. The van der Waals surface area contributed by atoms with E-state index in [1.807, 2.05) is 0 Å². The van der Waals surface area contributed by atoms with Crippen LogP contribution in [0.25, 0.3) is 0 Å². The maximum atomic E-state index is 12.5. The Hall–Kier alpha value is -1.31. The molecule has 1 saturated heterocycles. The molecule has 24 heavy (non-hydrogen) atoms. The van der Waals surface area contributed by atoms with Crippen LogP contribution >= 0.6 is 11.6 Å². The predicted molar refractivity (Wildman–Crippen MR) is 94.8 cm³/mol. The minimum atomic E-state index is -3.58. The molecule has 1 aliphatic heterocycles. The van der Waals surface area contributed by atoms with Gasteiger partial charge in [-0.3, -0.25) is 0 Å². The highest BCUT2D eigenvalue weighted by molar-refractivity contribution is 7.89. The van der Waals surface area contributed by atoms with Crippen LogP contribution in [-0.2, 0) is 10.0 Å². The number of rotatable bonds is 4. The summed E-state index contributed by atoms with van der Waals surface area (Å²) in [5.41, 5.74) is 0.554. The van der Waals surface area contributed by atoms with Crippen molar-refractivity contribution in [3.63, 3.8) is 0 Å². The van der Waals surface area contributed by atoms with E-state index in [1.54, 1.807) is 49.0 Å². The van der Waals surface area contributed by atoms with E-state index in [4.69, 9.17) is 11.6 Å². The lowest BCUT2D eigenvalue weighted by Gasteiger charge is -2.33. The molecule has 2 amide bonds. The first-order chi connectivity index (χ1) is 11.2. The molecule has 0 atom stereocenters. The number of hydrogen-bond donors (Lipinski definition) is 1. The SMILES string of the molecule is Cc1c(Cl)cccc1S(=O)(=O)NCC1CCN(C(=O)N(C)C)CC1. The maximum Gasteiger partial charge on any atom is 0.319 e. The van der Waals surface area contributed by atoms with Crippen molar-refractivity contribution in [2.24, 2.45) is 5.92 Å². The average molecular weight is 374 g/mol. The van der Waals surface area contributed by atoms with Gasteiger partial charge in [0.25, 0.3) is 0 Å². The van der Waals surface area contributed by atoms with Crippen LogP contribution in [0.15, 0.2) is 23.1 Å². The molecule has 134 valence electrons. The summed E-state index contributed by atoms with van der Waals surface area (Å²) in [5.74, 6) is 0.227. The van der Waals surface area contributed by atoms with Crippen molar-refractivity contribution >= 4 is 27.7 Å². The zero-order valence-electron chi connectivity index (χ0n) is 14.3. The number of nitrogens with zero attached hydrogens (tertiary/aromatic N) is 2. The summed E-state index contributed by atoms with van der Waals surface area (Å²) in [6, 6.07) is 4.87. The quantitative estimate of drug-likeness (QED) is 0.880. The summed E-state index contributed by atoms with van der Waals surface area (Å²) in [5, 5.41) is 0.438. The van der Waals surface area contributed by atoms with Crippen LogP contribution < -0.4 is 4.72 Å². The number of piperidine rings is 1. The second-order valence-corrected chi connectivity index (χ2v) is 8.46. The number of likely N-dealkylation sites (tertiary alicyclic amines) is 1. The largest absolute Gasteiger partial charge is 0.331 e. The van der Waals surface area contributed by atoms with Crippen LogP contribution in [0.5, 0.6) is 0 Å². The van der Waals surface area contributed by atoms with E-state index < -0.39 is 10.0 Å². The van der Waals surface area contributed by atoms with E-state index in [1.165, 1.54) is 0 Å². The predicted octanol–water partition coefficient (Wildman–Crippen LogP) is 2.32. The van der Waals surface area contributed by atoms with E-state index >= 15 is 0 Å². The second-order valence-electron chi connectivity index (χ2n) is 6.32. The Labute approximate surface area is 148 Å². The summed E-state index contributed by atoms with van der Waals surface area (Å²) in [6.07, 6.45) is 1.58. The highest BCUT2D eigenvalue weighted by Crippen LogP contribution is 2.23. The third-order valence-corrected chi connectivity index (χ3v) is 6.31. The molecule has 0 bridgehead atoms. The van der Waals surface area contributed by atoms with Crippen molar-refractivity contribution in [2.45, 2.75) is 24.7 Å². The van der Waals surface area contributed by atoms with Gasteiger partial charge < -0.3 is 9.80 Å². The average Bonchev–Trinajstić information content (AvgIpc) is 2.55. The molecule has 0 radical (unpaired) electrons. The van der Waals surface area contributed by atoms with Crippen LogP contribution in [0.2, 0.25) is 5.02 Å². The molecule has 1 heterocycles. The smallest absolute Gasteiger partial charge is 0.319 e. The van der Waals surface area contributed by atoms with Crippen LogP contribution in [0.1, 0.15) is 18.4 Å². The molecular formula is C16H24ClN3O3S. The van der Waals surface area contributed by atoms with E-state index in [9.17, 15) is 13.2 Å². The van der Waals surface area contributed by atoms with Crippen LogP contribution in [0, 0.1) is 12.8 Å². The van der Waals surface area contributed by atoms with Crippen LogP contribution in [0.3, 0.4) is 0 Å². The van der Waals surface area contributed by atoms with Gasteiger partial charge >= 0.3 is 6.03 Å². The van der Waals surface area contributed by atoms with E-state index in [0.717, 1.165) is 12.8 Å². The van der Waals surface area contributed by atoms with Gasteiger partial charge in [0.05, 0.1) is 4.90 Å². The number of nitrogens with one attached hydrogen (secondary N) is 1. The van der Waals surface area contributed by atoms with Gasteiger partial charge in [0.2, 0.25) is 10.0 Å². The van der Waals surface area contributed by atoms with Gasteiger partial charge in [-0.15, -0.1) is 0 Å². The minimum absolute atomic E-state index is 0.00332. The van der Waals surface area contributed by atoms with Gasteiger partial charge in [-0.25, -0.2) is 17.9 Å². The van der Waals surface area contributed by atoms with Gasteiger partial charge in [-0.2, -0.15) is 0 Å². The monoisotopic (exact) mass is 373 g/mol. The van der Waals surface area contributed by atoms with Crippen molar-refractivity contribution in [3.05, 3.63) is 28.8 Å². The van der Waals surface area contributed by atoms with Crippen molar-refractivity contribution in [1.82, 2.24) is 14.5 Å². The van der Waals surface area contributed by atoms with Gasteiger partial charge in [0, 0.05) is 38.8 Å². The van der Waals surface area contributed by atoms with Crippen molar-refractivity contribution in [1.29, 1.82) is 0 Å². The fraction of sp³-hybridized carbons (Fsp3) is 0.562. The van der Waals surface area contributed by atoms with Gasteiger partial charge in [-0.1, -0.05) is 17.7 Å². The zero-order valence-corrected chi connectivity index (χ0v) is 15.8. The summed E-state index contributed by atoms with van der Waals surface area (Å²) in [6.45, 7) is 3.37. The number of hydrogen-bond acceptors (Lipinski definition) is 3. The highest BCUT2D eigenvalue weighted by atomic mass is 35.5. The first-order valence-corrected chi connectivity index (χ1v) is 9.79. The van der Waals surface area contributed by atoms with Gasteiger partial charge in [-0.05, 0) is 43.4 Å². The standard InChI is InChI=1S/C16H24ClN3O3S/c1-12-14(17)5-4-6-15(12)24(22,23)18-11-13-7-9-20(10-8-13)16(21)19(2)3/h4-6,13,18H,7-11H2,1-3H3. The van der Waals surface area contributed by atoms with Crippen molar-refractivity contribution in [2.75, 3.05) is 33.7 Å². The molecule has 1 aromatic rings.